The van der Waals surface area contributed by atoms with Gasteiger partial charge in [-0.05, 0) is 30.5 Å². The third-order valence-electron chi connectivity index (χ3n) is 4.86. The molecule has 1 saturated carbocycles. The number of esters is 1. The fraction of sp³-hybridized carbons (Fsp3) is 0.300. The van der Waals surface area contributed by atoms with Gasteiger partial charge in [-0.25, -0.2) is 4.79 Å². The summed E-state index contributed by atoms with van der Waals surface area (Å²) in [6.07, 6.45) is 2.07. The molecule has 2 aliphatic rings. The lowest BCUT2D eigenvalue weighted by molar-refractivity contribution is -0.124. The van der Waals surface area contributed by atoms with Crippen LogP contribution in [0.1, 0.15) is 28.8 Å². The van der Waals surface area contributed by atoms with E-state index in [2.05, 4.69) is 17.4 Å². The van der Waals surface area contributed by atoms with Gasteiger partial charge in [0.15, 0.2) is 18.1 Å². The molecule has 140 valence electrons. The number of hydrogen-bond acceptors (Lipinski definition) is 5. The summed E-state index contributed by atoms with van der Waals surface area (Å²) in [7, 11) is 0. The van der Waals surface area contributed by atoms with E-state index in [0.29, 0.717) is 18.0 Å². The van der Waals surface area contributed by atoms with Crippen LogP contribution in [0.25, 0.3) is 0 Å². The Morgan fingerprint density at radius 3 is 2.67 bits per heavy atom. The number of nitrogens with one attached hydrogen (secondary N) is 1. The van der Waals surface area contributed by atoms with Crippen molar-refractivity contribution in [1.29, 1.82) is 0 Å². The zero-order valence-electron chi connectivity index (χ0n) is 14.5. The van der Waals surface area contributed by atoms with Gasteiger partial charge in [-0.15, -0.1) is 0 Å². The molecule has 0 unspecified atom stereocenters. The maximum Gasteiger partial charge on any atom is 0.338 e. The molecule has 0 atom stereocenters. The summed E-state index contributed by atoms with van der Waals surface area (Å²) in [5.74, 6) is -0.189. The van der Waals surface area contributed by atoms with E-state index in [-0.39, 0.29) is 35.3 Å². The summed E-state index contributed by atoms with van der Waals surface area (Å²) in [5, 5.41) is 3.12. The number of carbonyl (C=O) groups excluding carboxylic acids is 2. The Labute approximate surface area is 161 Å². The number of hydrogen-bond donors (Lipinski definition) is 1. The molecule has 2 aromatic carbocycles. The largest absolute Gasteiger partial charge is 0.454 e. The maximum atomic E-state index is 12.2. The molecule has 0 spiro atoms. The number of fused-ring (bicyclic) bond motifs is 1. The van der Waals surface area contributed by atoms with Crippen LogP contribution in [-0.2, 0) is 14.9 Å². The lowest BCUT2D eigenvalue weighted by atomic mass is 9.96. The lowest BCUT2D eigenvalue weighted by Crippen LogP contribution is -2.35. The minimum atomic E-state index is -0.644. The first-order valence-corrected chi connectivity index (χ1v) is 9.04. The summed E-state index contributed by atoms with van der Waals surface area (Å²) in [6, 6.07) is 13.0. The number of halogens is 1. The molecular weight excluding hydrogens is 370 g/mol. The Balaban J connectivity index is 1.30. The number of rotatable bonds is 6. The zero-order valence-corrected chi connectivity index (χ0v) is 15.3. The highest BCUT2D eigenvalue weighted by Gasteiger charge is 2.44. The maximum absolute atomic E-state index is 12.2. The van der Waals surface area contributed by atoms with E-state index in [1.807, 2.05) is 18.2 Å². The highest BCUT2D eigenvalue weighted by Crippen LogP contribution is 2.47. The molecule has 0 radical (unpaired) electrons. The second-order valence-corrected chi connectivity index (χ2v) is 7.10. The van der Waals surface area contributed by atoms with Crippen LogP contribution >= 0.6 is 11.6 Å². The molecule has 27 heavy (non-hydrogen) atoms. The van der Waals surface area contributed by atoms with Crippen molar-refractivity contribution in [2.24, 2.45) is 0 Å². The first-order chi connectivity index (χ1) is 13.1. The van der Waals surface area contributed by atoms with Gasteiger partial charge < -0.3 is 19.5 Å². The highest BCUT2D eigenvalue weighted by molar-refractivity contribution is 6.32. The van der Waals surface area contributed by atoms with Gasteiger partial charge in [-0.3, -0.25) is 4.79 Å². The zero-order chi connectivity index (χ0) is 18.9. The molecule has 6 nitrogen and oxygen atoms in total. The number of carbonyl (C=O) groups is 2. The lowest BCUT2D eigenvalue weighted by Gasteiger charge is -2.16. The minimum absolute atomic E-state index is 0.00573. The van der Waals surface area contributed by atoms with Gasteiger partial charge in [0, 0.05) is 12.0 Å². The van der Waals surface area contributed by atoms with E-state index in [1.165, 1.54) is 17.7 Å². The monoisotopic (exact) mass is 387 g/mol. The molecule has 1 heterocycles. The van der Waals surface area contributed by atoms with E-state index < -0.39 is 5.97 Å². The molecular formula is C20H18ClNO5. The predicted octanol–water partition coefficient (Wildman–Crippen LogP) is 3.07. The SMILES string of the molecule is O=C(COC(=O)c1cc(Cl)c2c(c1)OCO2)NCC1(c2ccccc2)CC1. The van der Waals surface area contributed by atoms with Crippen LogP contribution in [0.5, 0.6) is 11.5 Å². The molecule has 1 fully saturated rings. The Hall–Kier alpha value is -2.73. The van der Waals surface area contributed by atoms with Crippen molar-refractivity contribution in [2.45, 2.75) is 18.3 Å². The number of amides is 1. The van der Waals surface area contributed by atoms with E-state index >= 15 is 0 Å². The average molecular weight is 388 g/mol. The van der Waals surface area contributed by atoms with Gasteiger partial charge in [0.2, 0.25) is 6.79 Å². The standard InChI is InChI=1S/C20H18ClNO5/c21-15-8-13(9-16-18(15)27-12-26-16)19(24)25-10-17(23)22-11-20(6-7-20)14-4-2-1-3-5-14/h1-5,8-9H,6-7,10-12H2,(H,22,23). The quantitative estimate of drug-likeness (QED) is 0.771. The normalized spacial score (nSPS) is 15.9. The molecule has 1 N–H and O–H groups in total. The summed E-state index contributed by atoms with van der Waals surface area (Å²) >= 11 is 6.05. The molecule has 4 rings (SSSR count). The van der Waals surface area contributed by atoms with Crippen LogP contribution in [0.15, 0.2) is 42.5 Å². The van der Waals surface area contributed by atoms with Crippen molar-refractivity contribution < 1.29 is 23.8 Å². The summed E-state index contributed by atoms with van der Waals surface area (Å²) < 4.78 is 15.5. The first kappa shape index (κ1) is 17.7. The average Bonchev–Trinajstić information content (AvgIpc) is 3.33. The van der Waals surface area contributed by atoms with Crippen LogP contribution in [0.3, 0.4) is 0 Å². The fourth-order valence-electron chi connectivity index (χ4n) is 3.13. The van der Waals surface area contributed by atoms with Crippen molar-refractivity contribution in [1.82, 2.24) is 5.32 Å². The molecule has 0 bridgehead atoms. The fourth-order valence-corrected chi connectivity index (χ4v) is 3.39. The predicted molar refractivity (Wildman–Crippen MR) is 98.2 cm³/mol. The molecule has 1 aliphatic carbocycles. The van der Waals surface area contributed by atoms with Crippen LogP contribution in [0.2, 0.25) is 5.02 Å². The second-order valence-electron chi connectivity index (χ2n) is 6.69. The van der Waals surface area contributed by atoms with Gasteiger partial charge in [-0.1, -0.05) is 41.9 Å². The Morgan fingerprint density at radius 1 is 1.15 bits per heavy atom. The van der Waals surface area contributed by atoms with Gasteiger partial charge in [0.1, 0.15) is 0 Å². The number of benzene rings is 2. The summed E-state index contributed by atoms with van der Waals surface area (Å²) in [4.78, 5) is 24.3. The smallest absolute Gasteiger partial charge is 0.338 e. The minimum Gasteiger partial charge on any atom is -0.454 e. The summed E-state index contributed by atoms with van der Waals surface area (Å²) in [5.41, 5.74) is 1.43. The van der Waals surface area contributed by atoms with Crippen molar-refractivity contribution >= 4 is 23.5 Å². The van der Waals surface area contributed by atoms with Crippen molar-refractivity contribution in [3.05, 3.63) is 58.6 Å². The molecule has 7 heteroatoms. The second kappa shape index (κ2) is 7.12. The van der Waals surface area contributed by atoms with Crippen molar-refractivity contribution in [3.8, 4) is 11.5 Å². The molecule has 1 aliphatic heterocycles. The van der Waals surface area contributed by atoms with Gasteiger partial charge in [0.05, 0.1) is 10.6 Å². The Kier molecular flexibility index (Phi) is 4.66. The third-order valence-corrected chi connectivity index (χ3v) is 5.14. The third kappa shape index (κ3) is 3.71. The molecule has 0 aromatic heterocycles. The Morgan fingerprint density at radius 2 is 1.93 bits per heavy atom. The highest BCUT2D eigenvalue weighted by atomic mass is 35.5. The topological polar surface area (TPSA) is 73.9 Å². The van der Waals surface area contributed by atoms with Crippen molar-refractivity contribution in [3.63, 3.8) is 0 Å². The van der Waals surface area contributed by atoms with Crippen LogP contribution in [0.4, 0.5) is 0 Å². The van der Waals surface area contributed by atoms with Gasteiger partial charge in [0.25, 0.3) is 5.91 Å². The van der Waals surface area contributed by atoms with Gasteiger partial charge in [-0.2, -0.15) is 0 Å². The first-order valence-electron chi connectivity index (χ1n) is 8.66. The van der Waals surface area contributed by atoms with Crippen molar-refractivity contribution in [2.75, 3.05) is 19.9 Å². The van der Waals surface area contributed by atoms with E-state index in [4.69, 9.17) is 25.8 Å². The van der Waals surface area contributed by atoms with Crippen LogP contribution < -0.4 is 14.8 Å². The van der Waals surface area contributed by atoms with Gasteiger partial charge >= 0.3 is 5.97 Å². The Bertz CT molecular complexity index is 879. The molecule has 1 amide bonds. The van der Waals surface area contributed by atoms with Crippen LogP contribution in [0, 0.1) is 0 Å². The van der Waals surface area contributed by atoms with Crippen LogP contribution in [-0.4, -0.2) is 31.8 Å². The molecule has 2 aromatic rings. The van der Waals surface area contributed by atoms with E-state index in [9.17, 15) is 9.59 Å². The van der Waals surface area contributed by atoms with E-state index in [0.717, 1.165) is 12.8 Å². The van der Waals surface area contributed by atoms with E-state index in [1.54, 1.807) is 0 Å². The summed E-state index contributed by atoms with van der Waals surface area (Å²) in [6.45, 7) is 0.234. The molecule has 0 saturated heterocycles. The number of ether oxygens (including phenoxy) is 3.